The molecule has 0 aliphatic carbocycles. The van der Waals surface area contributed by atoms with Gasteiger partial charge in [-0.3, -0.25) is 19.7 Å². The Hall–Kier alpha value is -2.74. The summed E-state index contributed by atoms with van der Waals surface area (Å²) < 4.78 is 4.92. The molecular formula is C15H14N2O5S. The molecule has 1 aromatic heterocycles. The number of ketones is 1. The number of anilines is 1. The van der Waals surface area contributed by atoms with Crippen molar-refractivity contribution < 1.29 is 19.2 Å². The van der Waals surface area contributed by atoms with E-state index in [1.54, 1.807) is 17.5 Å². The van der Waals surface area contributed by atoms with E-state index in [0.717, 1.165) is 0 Å². The topological polar surface area (TPSA) is 98.5 Å². The number of hydrogen-bond donors (Lipinski definition) is 1. The van der Waals surface area contributed by atoms with Crippen LogP contribution in [0.2, 0.25) is 0 Å². The van der Waals surface area contributed by atoms with Crippen LogP contribution < -0.4 is 10.1 Å². The quantitative estimate of drug-likeness (QED) is 0.476. The van der Waals surface area contributed by atoms with Crippen LogP contribution in [0.5, 0.6) is 5.75 Å². The molecule has 0 spiro atoms. The number of hydrogen-bond acceptors (Lipinski definition) is 6. The number of amides is 1. The maximum Gasteiger partial charge on any atom is 0.296 e. The van der Waals surface area contributed by atoms with Gasteiger partial charge in [0.2, 0.25) is 5.91 Å². The molecule has 0 bridgehead atoms. The monoisotopic (exact) mass is 334 g/mol. The Bertz CT molecular complexity index is 727. The minimum atomic E-state index is -0.602. The van der Waals surface area contributed by atoms with Gasteiger partial charge in [-0.05, 0) is 23.6 Å². The van der Waals surface area contributed by atoms with Crippen LogP contribution in [0.3, 0.4) is 0 Å². The summed E-state index contributed by atoms with van der Waals surface area (Å²) in [5.74, 6) is -0.259. The molecule has 0 radical (unpaired) electrons. The van der Waals surface area contributed by atoms with Gasteiger partial charge in [-0.1, -0.05) is 6.07 Å². The van der Waals surface area contributed by atoms with Gasteiger partial charge >= 0.3 is 0 Å². The molecule has 1 amide bonds. The predicted molar refractivity (Wildman–Crippen MR) is 86.2 cm³/mol. The first kappa shape index (κ1) is 16.6. The van der Waals surface area contributed by atoms with Crippen LogP contribution in [0.25, 0.3) is 0 Å². The van der Waals surface area contributed by atoms with E-state index in [1.165, 1.54) is 36.6 Å². The third kappa shape index (κ3) is 4.36. The van der Waals surface area contributed by atoms with Crippen LogP contribution in [0.4, 0.5) is 11.4 Å². The zero-order chi connectivity index (χ0) is 16.8. The summed E-state index contributed by atoms with van der Waals surface area (Å²) in [5, 5.41) is 15.3. The highest BCUT2D eigenvalue weighted by Crippen LogP contribution is 2.29. The van der Waals surface area contributed by atoms with E-state index >= 15 is 0 Å². The number of carbonyl (C=O) groups excluding carboxylic acids is 2. The average molecular weight is 334 g/mol. The molecule has 1 heterocycles. The molecule has 2 aromatic rings. The molecule has 0 aliphatic heterocycles. The van der Waals surface area contributed by atoms with E-state index in [2.05, 4.69) is 5.32 Å². The maximum atomic E-state index is 11.9. The lowest BCUT2D eigenvalue weighted by atomic mass is 10.2. The highest BCUT2D eigenvalue weighted by molar-refractivity contribution is 7.12. The first-order valence-corrected chi connectivity index (χ1v) is 7.58. The molecule has 7 nitrogen and oxygen atoms in total. The van der Waals surface area contributed by atoms with Crippen molar-refractivity contribution in [2.24, 2.45) is 0 Å². The van der Waals surface area contributed by atoms with E-state index < -0.39 is 10.8 Å². The number of nitrogens with zero attached hydrogens (tertiary/aromatic N) is 1. The first-order valence-electron chi connectivity index (χ1n) is 6.70. The average Bonchev–Trinajstić information content (AvgIpc) is 3.07. The van der Waals surface area contributed by atoms with Gasteiger partial charge in [0.1, 0.15) is 11.4 Å². The number of rotatable bonds is 7. The molecule has 0 atom stereocenters. The normalized spacial score (nSPS) is 10.1. The number of Topliss-reactive ketones (excluding diaryl/α,β-unsaturated/α-hetero) is 1. The molecule has 0 unspecified atom stereocenters. The second kappa shape index (κ2) is 7.50. The van der Waals surface area contributed by atoms with E-state index in [4.69, 9.17) is 4.74 Å². The lowest BCUT2D eigenvalue weighted by Crippen LogP contribution is -2.14. The van der Waals surface area contributed by atoms with Gasteiger partial charge in [0.05, 0.1) is 23.0 Å². The molecular weight excluding hydrogens is 320 g/mol. The fourth-order valence-electron chi connectivity index (χ4n) is 1.90. The summed E-state index contributed by atoms with van der Waals surface area (Å²) in [6, 6.07) is 7.60. The van der Waals surface area contributed by atoms with Gasteiger partial charge in [0.15, 0.2) is 5.78 Å². The molecule has 120 valence electrons. The molecule has 2 rings (SSSR count). The zero-order valence-corrected chi connectivity index (χ0v) is 13.1. The van der Waals surface area contributed by atoms with Crippen LogP contribution in [0, 0.1) is 10.1 Å². The molecule has 1 aromatic carbocycles. The van der Waals surface area contributed by atoms with E-state index in [1.807, 2.05) is 0 Å². The number of nitro benzene ring substituents is 1. The molecule has 0 saturated carbocycles. The number of ether oxygens (including phenoxy) is 1. The number of carbonyl (C=O) groups is 2. The molecule has 8 heteroatoms. The SMILES string of the molecule is COc1ccc(NC(=O)CCC(=O)c2cccs2)c([N+](=O)[O-])c1. The number of thiophene rings is 1. The highest BCUT2D eigenvalue weighted by Gasteiger charge is 2.18. The third-order valence-corrected chi connectivity index (χ3v) is 3.96. The molecule has 1 N–H and O–H groups in total. The molecule has 23 heavy (non-hydrogen) atoms. The number of benzene rings is 1. The Morgan fingerprint density at radius 2 is 2.09 bits per heavy atom. The van der Waals surface area contributed by atoms with Gasteiger partial charge in [-0.2, -0.15) is 0 Å². The summed E-state index contributed by atoms with van der Waals surface area (Å²) in [4.78, 5) is 34.8. The summed E-state index contributed by atoms with van der Waals surface area (Å²) in [7, 11) is 1.40. The van der Waals surface area contributed by atoms with Gasteiger partial charge in [-0.15, -0.1) is 11.3 Å². The van der Waals surface area contributed by atoms with Crippen molar-refractivity contribution in [1.82, 2.24) is 0 Å². The lowest BCUT2D eigenvalue weighted by molar-refractivity contribution is -0.384. The van der Waals surface area contributed by atoms with Crippen molar-refractivity contribution in [3.8, 4) is 5.75 Å². The van der Waals surface area contributed by atoms with Crippen LogP contribution in [0.15, 0.2) is 35.7 Å². The minimum absolute atomic E-state index is 0.0417. The van der Waals surface area contributed by atoms with Gasteiger partial charge in [0, 0.05) is 12.8 Å². The van der Waals surface area contributed by atoms with Gasteiger partial charge in [0.25, 0.3) is 5.69 Å². The van der Waals surface area contributed by atoms with Crippen molar-refractivity contribution in [3.63, 3.8) is 0 Å². The number of nitro groups is 1. The van der Waals surface area contributed by atoms with Crippen LogP contribution in [-0.2, 0) is 4.79 Å². The maximum absolute atomic E-state index is 11.9. The van der Waals surface area contributed by atoms with E-state index in [9.17, 15) is 19.7 Å². The van der Waals surface area contributed by atoms with Crippen molar-refractivity contribution in [2.75, 3.05) is 12.4 Å². The van der Waals surface area contributed by atoms with Crippen LogP contribution in [0.1, 0.15) is 22.5 Å². The Balaban J connectivity index is 2.00. The minimum Gasteiger partial charge on any atom is -0.496 e. The lowest BCUT2D eigenvalue weighted by Gasteiger charge is -2.07. The van der Waals surface area contributed by atoms with Crippen LogP contribution in [-0.4, -0.2) is 23.7 Å². The van der Waals surface area contributed by atoms with Crippen molar-refractivity contribution in [3.05, 3.63) is 50.7 Å². The molecule has 0 fully saturated rings. The summed E-state index contributed by atoms with van der Waals surface area (Å²) in [6.45, 7) is 0. The van der Waals surface area contributed by atoms with E-state index in [-0.39, 0.29) is 30.0 Å². The second-order valence-electron chi connectivity index (χ2n) is 4.59. The smallest absolute Gasteiger partial charge is 0.296 e. The Labute approximate surface area is 136 Å². The largest absolute Gasteiger partial charge is 0.496 e. The van der Waals surface area contributed by atoms with Crippen molar-refractivity contribution in [2.45, 2.75) is 12.8 Å². The Morgan fingerprint density at radius 1 is 1.30 bits per heavy atom. The predicted octanol–water partition coefficient (Wildman–Crippen LogP) is 3.27. The van der Waals surface area contributed by atoms with Crippen LogP contribution >= 0.6 is 11.3 Å². The zero-order valence-electron chi connectivity index (χ0n) is 12.3. The summed E-state index contributed by atoms with van der Waals surface area (Å²) in [6.07, 6.45) is 0.0101. The Kier molecular flexibility index (Phi) is 5.42. The standard InChI is InChI=1S/C15H14N2O5S/c1-22-10-4-5-11(12(9-10)17(20)21)16-15(19)7-6-13(18)14-3-2-8-23-14/h2-5,8-9H,6-7H2,1H3,(H,16,19). The fourth-order valence-corrected chi connectivity index (χ4v) is 2.59. The number of nitrogens with one attached hydrogen (secondary N) is 1. The first-order chi connectivity index (χ1) is 11.0. The van der Waals surface area contributed by atoms with Crippen molar-refractivity contribution >= 4 is 34.4 Å². The number of methoxy groups -OCH3 is 1. The molecule has 0 saturated heterocycles. The summed E-state index contributed by atoms with van der Waals surface area (Å²) in [5.41, 5.74) is -0.188. The molecule has 0 aliphatic rings. The Morgan fingerprint density at radius 3 is 2.70 bits per heavy atom. The van der Waals surface area contributed by atoms with E-state index in [0.29, 0.717) is 10.6 Å². The highest BCUT2D eigenvalue weighted by atomic mass is 32.1. The van der Waals surface area contributed by atoms with Gasteiger partial charge < -0.3 is 10.1 Å². The summed E-state index contributed by atoms with van der Waals surface area (Å²) >= 11 is 1.31. The third-order valence-electron chi connectivity index (χ3n) is 3.05. The van der Waals surface area contributed by atoms with Crippen molar-refractivity contribution in [1.29, 1.82) is 0 Å². The fraction of sp³-hybridized carbons (Fsp3) is 0.200. The van der Waals surface area contributed by atoms with Gasteiger partial charge in [-0.25, -0.2) is 0 Å². The second-order valence-corrected chi connectivity index (χ2v) is 5.54.